The summed E-state index contributed by atoms with van der Waals surface area (Å²) in [7, 11) is 1.78. The Balaban J connectivity index is 1.61. The second-order valence-corrected chi connectivity index (χ2v) is 7.20. The van der Waals surface area contributed by atoms with Crippen molar-refractivity contribution in [3.8, 4) is 0 Å². The largest absolute Gasteiger partial charge is 0.304 e. The van der Waals surface area contributed by atoms with Gasteiger partial charge in [0.05, 0.1) is 23.7 Å². The third kappa shape index (κ3) is 3.46. The Morgan fingerprint density at radius 3 is 2.79 bits per heavy atom. The molecule has 0 aliphatic rings. The van der Waals surface area contributed by atoms with E-state index in [1.165, 1.54) is 0 Å². The van der Waals surface area contributed by atoms with Crippen molar-refractivity contribution in [1.29, 1.82) is 0 Å². The van der Waals surface area contributed by atoms with Crippen LogP contribution in [0.3, 0.4) is 0 Å². The van der Waals surface area contributed by atoms with Crippen LogP contribution in [0.4, 0.5) is 5.82 Å². The van der Waals surface area contributed by atoms with E-state index in [4.69, 9.17) is 23.2 Å². The highest BCUT2D eigenvalue weighted by Crippen LogP contribution is 2.24. The maximum atomic E-state index is 12.9. The molecule has 28 heavy (non-hydrogen) atoms. The quantitative estimate of drug-likeness (QED) is 0.545. The Bertz CT molecular complexity index is 1200. The van der Waals surface area contributed by atoms with Gasteiger partial charge in [0.1, 0.15) is 5.02 Å². The molecule has 0 spiro atoms. The van der Waals surface area contributed by atoms with Gasteiger partial charge in [0.2, 0.25) is 0 Å². The van der Waals surface area contributed by atoms with E-state index in [-0.39, 0.29) is 11.7 Å². The van der Waals surface area contributed by atoms with Gasteiger partial charge in [-0.1, -0.05) is 41.4 Å². The average molecular weight is 415 g/mol. The third-order valence-electron chi connectivity index (χ3n) is 4.32. The van der Waals surface area contributed by atoms with E-state index in [9.17, 15) is 4.79 Å². The summed E-state index contributed by atoms with van der Waals surface area (Å²) < 4.78 is 3.26. The summed E-state index contributed by atoms with van der Waals surface area (Å²) in [4.78, 5) is 17.3. The molecule has 0 atom stereocenters. The fraction of sp³-hybridized carbons (Fsp3) is 0.158. The van der Waals surface area contributed by atoms with Gasteiger partial charge in [-0.05, 0) is 24.6 Å². The number of nitrogens with zero attached hydrogens (tertiary/aromatic N) is 5. The standard InChI is InChI=1S/C19H16Cl2N6O/c1-11-7-13(14-8-22-26(2)18(14)23-11)19(28)24-17-16(21)10-27(25-17)9-12-5-3-4-6-15(12)20/h3-8,10H,9H2,1-2H3,(H,24,25,28). The molecule has 3 heterocycles. The average Bonchev–Trinajstić information content (AvgIpc) is 3.19. The summed E-state index contributed by atoms with van der Waals surface area (Å²) in [5, 5.41) is 13.0. The van der Waals surface area contributed by atoms with Gasteiger partial charge in [0, 0.05) is 24.0 Å². The number of pyridine rings is 1. The number of benzene rings is 1. The second kappa shape index (κ2) is 7.26. The molecule has 1 aromatic carbocycles. The van der Waals surface area contributed by atoms with Crippen molar-refractivity contribution in [1.82, 2.24) is 24.5 Å². The van der Waals surface area contributed by atoms with Crippen LogP contribution < -0.4 is 5.32 Å². The minimum Gasteiger partial charge on any atom is -0.304 e. The molecule has 3 aromatic heterocycles. The predicted octanol–water partition coefficient (Wildman–Crippen LogP) is 4.08. The highest BCUT2D eigenvalue weighted by Gasteiger charge is 2.18. The highest BCUT2D eigenvalue weighted by atomic mass is 35.5. The number of hydrogen-bond acceptors (Lipinski definition) is 4. The molecule has 4 rings (SSSR count). The first-order valence-electron chi connectivity index (χ1n) is 8.49. The van der Waals surface area contributed by atoms with Gasteiger partial charge >= 0.3 is 0 Å². The van der Waals surface area contributed by atoms with Crippen molar-refractivity contribution in [2.45, 2.75) is 13.5 Å². The number of amides is 1. The lowest BCUT2D eigenvalue weighted by Gasteiger charge is -2.06. The Kier molecular flexibility index (Phi) is 4.78. The fourth-order valence-electron chi connectivity index (χ4n) is 2.97. The van der Waals surface area contributed by atoms with Crippen LogP contribution in [0.25, 0.3) is 11.0 Å². The van der Waals surface area contributed by atoms with Crippen molar-refractivity contribution in [3.63, 3.8) is 0 Å². The van der Waals surface area contributed by atoms with E-state index in [2.05, 4.69) is 20.5 Å². The molecule has 7 nitrogen and oxygen atoms in total. The van der Waals surface area contributed by atoms with E-state index < -0.39 is 0 Å². The molecule has 4 aromatic rings. The minimum absolute atomic E-state index is 0.283. The topological polar surface area (TPSA) is 77.6 Å². The molecular formula is C19H16Cl2N6O. The number of aryl methyl sites for hydroxylation is 2. The molecule has 0 radical (unpaired) electrons. The number of carbonyl (C=O) groups is 1. The summed E-state index contributed by atoms with van der Waals surface area (Å²) in [5.41, 5.74) is 2.73. The summed E-state index contributed by atoms with van der Waals surface area (Å²) in [6, 6.07) is 9.21. The molecular weight excluding hydrogens is 399 g/mol. The number of fused-ring (bicyclic) bond motifs is 1. The Morgan fingerprint density at radius 1 is 1.21 bits per heavy atom. The van der Waals surface area contributed by atoms with Crippen LogP contribution in [0, 0.1) is 6.92 Å². The van der Waals surface area contributed by atoms with Crippen molar-refractivity contribution in [3.05, 3.63) is 69.6 Å². The van der Waals surface area contributed by atoms with E-state index in [1.54, 1.807) is 34.9 Å². The molecule has 1 amide bonds. The van der Waals surface area contributed by atoms with Crippen LogP contribution in [-0.4, -0.2) is 30.5 Å². The van der Waals surface area contributed by atoms with Crippen LogP contribution >= 0.6 is 23.2 Å². The first-order chi connectivity index (χ1) is 13.4. The lowest BCUT2D eigenvalue weighted by atomic mass is 10.1. The van der Waals surface area contributed by atoms with Gasteiger partial charge in [0.15, 0.2) is 11.5 Å². The SMILES string of the molecule is Cc1cc(C(=O)Nc2nn(Cc3ccccc3Cl)cc2Cl)c2cnn(C)c2n1. The van der Waals surface area contributed by atoms with Gasteiger partial charge in [-0.25, -0.2) is 4.98 Å². The maximum Gasteiger partial charge on any atom is 0.257 e. The smallest absolute Gasteiger partial charge is 0.257 e. The summed E-state index contributed by atoms with van der Waals surface area (Å²) in [5.74, 6) is -0.0429. The monoisotopic (exact) mass is 414 g/mol. The van der Waals surface area contributed by atoms with Crippen molar-refractivity contribution >= 4 is 46.0 Å². The summed E-state index contributed by atoms with van der Waals surface area (Å²) in [6.45, 7) is 2.27. The molecule has 142 valence electrons. The molecule has 0 fully saturated rings. The first-order valence-corrected chi connectivity index (χ1v) is 9.25. The molecule has 1 N–H and O–H groups in total. The van der Waals surface area contributed by atoms with E-state index >= 15 is 0 Å². The number of hydrogen-bond donors (Lipinski definition) is 1. The zero-order valence-corrected chi connectivity index (χ0v) is 16.7. The number of carbonyl (C=O) groups excluding carboxylic acids is 1. The van der Waals surface area contributed by atoms with E-state index in [0.717, 1.165) is 11.3 Å². The third-order valence-corrected chi connectivity index (χ3v) is 4.96. The van der Waals surface area contributed by atoms with Crippen LogP contribution in [-0.2, 0) is 13.6 Å². The van der Waals surface area contributed by atoms with E-state index in [0.29, 0.717) is 33.2 Å². The molecule has 0 saturated carbocycles. The van der Waals surface area contributed by atoms with Crippen LogP contribution in [0.15, 0.2) is 42.7 Å². The zero-order chi connectivity index (χ0) is 19.8. The number of anilines is 1. The molecule has 0 aliphatic heterocycles. The minimum atomic E-state index is -0.326. The Hall–Kier alpha value is -2.90. The lowest BCUT2D eigenvalue weighted by Crippen LogP contribution is -2.14. The Labute approximate surface area is 170 Å². The number of rotatable bonds is 4. The van der Waals surface area contributed by atoms with Crippen LogP contribution in [0.2, 0.25) is 10.0 Å². The van der Waals surface area contributed by atoms with E-state index in [1.807, 2.05) is 31.2 Å². The van der Waals surface area contributed by atoms with Crippen LogP contribution in [0.5, 0.6) is 0 Å². The summed E-state index contributed by atoms with van der Waals surface area (Å²) in [6.07, 6.45) is 3.27. The first kappa shape index (κ1) is 18.5. The van der Waals surface area contributed by atoms with Gasteiger partial charge < -0.3 is 5.32 Å². The highest BCUT2D eigenvalue weighted by molar-refractivity contribution is 6.33. The van der Waals surface area contributed by atoms with Crippen molar-refractivity contribution in [2.75, 3.05) is 5.32 Å². The second-order valence-electron chi connectivity index (χ2n) is 6.39. The fourth-order valence-corrected chi connectivity index (χ4v) is 3.36. The van der Waals surface area contributed by atoms with Crippen molar-refractivity contribution < 1.29 is 4.79 Å². The predicted molar refractivity (Wildman–Crippen MR) is 109 cm³/mol. The molecule has 0 unspecified atom stereocenters. The summed E-state index contributed by atoms with van der Waals surface area (Å²) >= 11 is 12.5. The number of aromatic nitrogens is 5. The zero-order valence-electron chi connectivity index (χ0n) is 15.1. The van der Waals surface area contributed by atoms with Gasteiger partial charge in [-0.3, -0.25) is 14.2 Å². The van der Waals surface area contributed by atoms with Gasteiger partial charge in [0.25, 0.3) is 5.91 Å². The number of halogens is 2. The lowest BCUT2D eigenvalue weighted by molar-refractivity contribution is 0.102. The molecule has 0 bridgehead atoms. The number of nitrogens with one attached hydrogen (secondary N) is 1. The van der Waals surface area contributed by atoms with Gasteiger partial charge in [-0.2, -0.15) is 10.2 Å². The maximum absolute atomic E-state index is 12.9. The van der Waals surface area contributed by atoms with Gasteiger partial charge in [-0.15, -0.1) is 0 Å². The molecule has 9 heteroatoms. The van der Waals surface area contributed by atoms with Crippen molar-refractivity contribution in [2.24, 2.45) is 7.05 Å². The van der Waals surface area contributed by atoms with Crippen LogP contribution in [0.1, 0.15) is 21.6 Å². The normalized spacial score (nSPS) is 11.1. The molecule has 0 saturated heterocycles. The molecule has 0 aliphatic carbocycles. The Morgan fingerprint density at radius 2 is 2.00 bits per heavy atom.